The van der Waals surface area contributed by atoms with Crippen LogP contribution in [0.4, 0.5) is 34.1 Å². The van der Waals surface area contributed by atoms with Gasteiger partial charge in [0.25, 0.3) is 5.91 Å². The lowest BCUT2D eigenvalue weighted by molar-refractivity contribution is -0.133. The predicted molar refractivity (Wildman–Crippen MR) is 161 cm³/mol. The molecule has 1 aliphatic carbocycles. The third-order valence-corrected chi connectivity index (χ3v) is 8.46. The van der Waals surface area contributed by atoms with E-state index in [0.717, 1.165) is 23.2 Å². The molecular formula is C32H33F3N6O3. The fourth-order valence-corrected chi connectivity index (χ4v) is 6.25. The molecule has 2 aromatic rings. The van der Waals surface area contributed by atoms with E-state index in [1.54, 1.807) is 23.1 Å². The minimum atomic E-state index is -4.67. The maximum atomic E-state index is 13.7. The first kappa shape index (κ1) is 29.5. The van der Waals surface area contributed by atoms with E-state index in [0.29, 0.717) is 61.5 Å². The molecule has 1 fully saturated rings. The molecule has 12 heteroatoms. The largest absolute Gasteiger partial charge is 0.406 e. The number of para-hydroxylation sites is 2. The van der Waals surface area contributed by atoms with E-state index in [1.807, 2.05) is 42.5 Å². The highest BCUT2D eigenvalue weighted by Gasteiger charge is 2.41. The number of benzene rings is 2. The van der Waals surface area contributed by atoms with E-state index in [1.165, 1.54) is 11.0 Å². The molecular weight excluding hydrogens is 573 g/mol. The lowest BCUT2D eigenvalue weighted by atomic mass is 9.94. The lowest BCUT2D eigenvalue weighted by Crippen LogP contribution is -2.55. The molecule has 9 nitrogen and oxygen atoms in total. The minimum absolute atomic E-state index is 0.0828. The van der Waals surface area contributed by atoms with Gasteiger partial charge in [-0.1, -0.05) is 54.6 Å². The quantitative estimate of drug-likeness (QED) is 0.498. The molecule has 3 heterocycles. The van der Waals surface area contributed by atoms with Crippen molar-refractivity contribution in [1.82, 2.24) is 15.1 Å². The van der Waals surface area contributed by atoms with Gasteiger partial charge < -0.3 is 20.4 Å². The molecule has 230 valence electrons. The van der Waals surface area contributed by atoms with Crippen molar-refractivity contribution in [2.24, 2.45) is 4.99 Å². The Hall–Kier alpha value is -4.61. The first-order valence-corrected chi connectivity index (χ1v) is 14.8. The average Bonchev–Trinajstić information content (AvgIpc) is 3.25. The number of aliphatic imine (C=N–C) groups is 1. The molecule has 6 rings (SSSR count). The van der Waals surface area contributed by atoms with Crippen LogP contribution < -0.4 is 15.5 Å². The van der Waals surface area contributed by atoms with Gasteiger partial charge in [-0.25, -0.2) is 14.6 Å². The molecule has 2 aromatic carbocycles. The van der Waals surface area contributed by atoms with E-state index < -0.39 is 30.8 Å². The molecule has 4 aliphatic rings. The van der Waals surface area contributed by atoms with Crippen LogP contribution in [0.5, 0.6) is 0 Å². The number of carbonyl (C=O) groups is 3. The van der Waals surface area contributed by atoms with Gasteiger partial charge in [0.1, 0.15) is 6.54 Å². The van der Waals surface area contributed by atoms with Crippen molar-refractivity contribution in [3.05, 3.63) is 83.5 Å². The zero-order chi connectivity index (χ0) is 30.8. The predicted octanol–water partition coefficient (Wildman–Crippen LogP) is 5.25. The first-order chi connectivity index (χ1) is 21.2. The number of piperidine rings is 1. The van der Waals surface area contributed by atoms with Gasteiger partial charge in [0, 0.05) is 36.9 Å². The average molecular weight is 607 g/mol. The number of benzodiazepines with no additional fused rings is 1. The van der Waals surface area contributed by atoms with Crippen molar-refractivity contribution in [3.63, 3.8) is 0 Å². The van der Waals surface area contributed by atoms with Gasteiger partial charge in [-0.15, -0.1) is 0 Å². The number of nitrogens with zero attached hydrogens (tertiary/aromatic N) is 4. The number of anilines is 2. The SMILES string of the molecule is O=C(N[C@@H]1N=C(C2=CC=CCC2)c2ccccc2N(CC(F)(F)F)C1=O)N1CCC(N2CCc3ccccc3NC2=O)CC1. The first-order valence-electron chi connectivity index (χ1n) is 14.8. The lowest BCUT2D eigenvalue weighted by Gasteiger charge is -2.38. The van der Waals surface area contributed by atoms with E-state index in [-0.39, 0.29) is 17.8 Å². The molecule has 0 spiro atoms. The van der Waals surface area contributed by atoms with Crippen LogP contribution in [0.2, 0.25) is 0 Å². The van der Waals surface area contributed by atoms with Crippen molar-refractivity contribution in [2.45, 2.75) is 50.5 Å². The molecule has 5 amide bonds. The Balaban J connectivity index is 1.19. The molecule has 0 aromatic heterocycles. The second kappa shape index (κ2) is 12.2. The summed E-state index contributed by atoms with van der Waals surface area (Å²) in [5, 5.41) is 5.60. The molecule has 0 bridgehead atoms. The van der Waals surface area contributed by atoms with Gasteiger partial charge in [0.05, 0.1) is 11.4 Å². The van der Waals surface area contributed by atoms with Gasteiger partial charge in [-0.3, -0.25) is 9.69 Å². The summed E-state index contributed by atoms with van der Waals surface area (Å²) in [6.45, 7) is -0.334. The number of halogens is 3. The maximum Gasteiger partial charge on any atom is 0.406 e. The zero-order valence-electron chi connectivity index (χ0n) is 24.0. The number of hydrogen-bond acceptors (Lipinski definition) is 4. The van der Waals surface area contributed by atoms with Gasteiger partial charge in [0.15, 0.2) is 0 Å². The number of amides is 5. The molecule has 0 radical (unpaired) electrons. The Morgan fingerprint density at radius 3 is 2.50 bits per heavy atom. The number of fused-ring (bicyclic) bond motifs is 2. The van der Waals surface area contributed by atoms with Gasteiger partial charge >= 0.3 is 18.2 Å². The Bertz CT molecular complexity index is 1540. The van der Waals surface area contributed by atoms with Crippen LogP contribution in [0, 0.1) is 0 Å². The summed E-state index contributed by atoms with van der Waals surface area (Å²) in [5.74, 6) is -0.958. The number of alkyl halides is 3. The van der Waals surface area contributed by atoms with Crippen LogP contribution in [0.15, 0.2) is 77.3 Å². The summed E-state index contributed by atoms with van der Waals surface area (Å²) in [6.07, 6.45) is 2.53. The number of nitrogens with one attached hydrogen (secondary N) is 2. The smallest absolute Gasteiger partial charge is 0.325 e. The van der Waals surface area contributed by atoms with Crippen molar-refractivity contribution >= 4 is 35.1 Å². The monoisotopic (exact) mass is 606 g/mol. The molecule has 1 atom stereocenters. The highest BCUT2D eigenvalue weighted by molar-refractivity contribution is 6.20. The van der Waals surface area contributed by atoms with Crippen molar-refractivity contribution < 1.29 is 27.6 Å². The van der Waals surface area contributed by atoms with Crippen LogP contribution in [0.1, 0.15) is 36.8 Å². The number of urea groups is 2. The Kier molecular flexibility index (Phi) is 8.15. The third-order valence-electron chi connectivity index (χ3n) is 8.46. The summed E-state index contributed by atoms with van der Waals surface area (Å²) in [6, 6.07) is 13.2. The van der Waals surface area contributed by atoms with Crippen LogP contribution in [-0.2, 0) is 11.2 Å². The van der Waals surface area contributed by atoms with Crippen LogP contribution in [-0.4, -0.2) is 78.0 Å². The summed E-state index contributed by atoms with van der Waals surface area (Å²) in [4.78, 5) is 48.7. The second-order valence-corrected chi connectivity index (χ2v) is 11.3. The van der Waals surface area contributed by atoms with E-state index >= 15 is 0 Å². The summed E-state index contributed by atoms with van der Waals surface area (Å²) in [5.41, 5.74) is 3.53. The van der Waals surface area contributed by atoms with Crippen molar-refractivity contribution in [1.29, 1.82) is 0 Å². The molecule has 2 N–H and O–H groups in total. The van der Waals surface area contributed by atoms with Gasteiger partial charge in [-0.05, 0) is 55.4 Å². The molecule has 0 unspecified atom stereocenters. The summed E-state index contributed by atoms with van der Waals surface area (Å²) >= 11 is 0. The van der Waals surface area contributed by atoms with Gasteiger partial charge in [-0.2, -0.15) is 13.2 Å². The Morgan fingerprint density at radius 2 is 1.75 bits per heavy atom. The highest BCUT2D eigenvalue weighted by Crippen LogP contribution is 2.33. The third kappa shape index (κ3) is 6.20. The van der Waals surface area contributed by atoms with Crippen molar-refractivity contribution in [3.8, 4) is 0 Å². The van der Waals surface area contributed by atoms with E-state index in [9.17, 15) is 27.6 Å². The van der Waals surface area contributed by atoms with Gasteiger partial charge in [0.2, 0.25) is 6.17 Å². The highest BCUT2D eigenvalue weighted by atomic mass is 19.4. The number of hydrogen-bond donors (Lipinski definition) is 2. The number of allylic oxidation sites excluding steroid dienone is 4. The molecule has 3 aliphatic heterocycles. The normalized spacial score (nSPS) is 21.0. The molecule has 44 heavy (non-hydrogen) atoms. The van der Waals surface area contributed by atoms with Crippen LogP contribution >= 0.6 is 0 Å². The Labute approximate surface area is 253 Å². The van der Waals surface area contributed by atoms with E-state index in [4.69, 9.17) is 0 Å². The number of carbonyl (C=O) groups excluding carboxylic acids is 3. The van der Waals surface area contributed by atoms with E-state index in [2.05, 4.69) is 15.6 Å². The number of likely N-dealkylation sites (tertiary alicyclic amines) is 1. The summed E-state index contributed by atoms with van der Waals surface area (Å²) in [7, 11) is 0. The van der Waals surface area contributed by atoms with Crippen molar-refractivity contribution in [2.75, 3.05) is 36.4 Å². The molecule has 0 saturated carbocycles. The van der Waals surface area contributed by atoms with Crippen LogP contribution in [0.3, 0.4) is 0 Å². The topological polar surface area (TPSA) is 97.3 Å². The number of rotatable bonds is 4. The maximum absolute atomic E-state index is 13.7. The zero-order valence-corrected chi connectivity index (χ0v) is 24.0. The minimum Gasteiger partial charge on any atom is -0.325 e. The fourth-order valence-electron chi connectivity index (χ4n) is 6.25. The second-order valence-electron chi connectivity index (χ2n) is 11.3. The Morgan fingerprint density at radius 1 is 1.00 bits per heavy atom. The fraction of sp³-hybridized carbons (Fsp3) is 0.375. The standard InChI is InChI=1S/C32H33F3N6O3/c33-32(34,35)20-41-26-13-7-5-11-24(26)27(22-9-2-1-3-10-22)37-28(29(41)42)38-30(43)39-17-15-23(16-18-39)40-19-14-21-8-4-6-12-25(21)36-31(40)44/h1-2,4-9,11-13,23,28H,3,10,14-20H2,(H,36,44)(H,38,43)/t28-/m0/s1. The van der Waals surface area contributed by atoms with Crippen LogP contribution in [0.25, 0.3) is 0 Å². The summed E-state index contributed by atoms with van der Waals surface area (Å²) < 4.78 is 41.1. The molecule has 1 saturated heterocycles.